The Hall–Kier alpha value is -1.60. The number of esters is 1. The maximum Gasteiger partial charge on any atom is 0.340 e. The first kappa shape index (κ1) is 11.5. The number of rotatable bonds is 2. The molecule has 15 heavy (non-hydrogen) atoms. The van der Waals surface area contributed by atoms with E-state index in [1.54, 1.807) is 0 Å². The Morgan fingerprint density at radius 2 is 2.07 bits per heavy atom. The molecule has 0 fully saturated rings. The lowest BCUT2D eigenvalue weighted by molar-refractivity contribution is 0.0601. The number of methoxy groups -OCH3 is 1. The molecular formula is C8H9NO5S. The zero-order chi connectivity index (χ0) is 11.6. The molecule has 0 atom stereocenters. The summed E-state index contributed by atoms with van der Waals surface area (Å²) in [5.41, 5.74) is 4.97. The van der Waals surface area contributed by atoms with Gasteiger partial charge in [0.15, 0.2) is 0 Å². The van der Waals surface area contributed by atoms with Gasteiger partial charge in [0.1, 0.15) is 4.90 Å². The van der Waals surface area contributed by atoms with Crippen LogP contribution in [0.25, 0.3) is 0 Å². The SMILES string of the molecule is COC(=O)c1cccc(S(=O)(=O)O)c1N. The van der Waals surface area contributed by atoms with Crippen LogP contribution in [0.4, 0.5) is 5.69 Å². The maximum absolute atomic E-state index is 11.1. The fourth-order valence-corrected chi connectivity index (χ4v) is 1.70. The van der Waals surface area contributed by atoms with Crippen molar-refractivity contribution < 1.29 is 22.5 Å². The van der Waals surface area contributed by atoms with E-state index in [0.717, 1.165) is 13.2 Å². The number of hydrogen-bond donors (Lipinski definition) is 2. The van der Waals surface area contributed by atoms with E-state index in [1.165, 1.54) is 12.1 Å². The Morgan fingerprint density at radius 3 is 2.53 bits per heavy atom. The number of para-hydroxylation sites is 1. The summed E-state index contributed by atoms with van der Waals surface area (Å²) in [7, 11) is -3.29. The molecule has 0 aliphatic heterocycles. The lowest BCUT2D eigenvalue weighted by Crippen LogP contribution is -2.10. The number of nitrogens with two attached hydrogens (primary N) is 1. The summed E-state index contributed by atoms with van der Waals surface area (Å²) in [6.07, 6.45) is 0. The van der Waals surface area contributed by atoms with Gasteiger partial charge >= 0.3 is 5.97 Å². The number of carbonyl (C=O) groups excluding carboxylic acids is 1. The summed E-state index contributed by atoms with van der Waals surface area (Å²) >= 11 is 0. The standard InChI is InChI=1S/C8H9NO5S/c1-14-8(10)5-3-2-4-6(7(5)9)15(11,12)13/h2-4H,9H2,1H3,(H,11,12,13). The first-order valence-corrected chi connectivity index (χ1v) is 5.26. The third kappa shape index (κ3) is 2.25. The van der Waals surface area contributed by atoms with Crippen LogP contribution >= 0.6 is 0 Å². The van der Waals surface area contributed by atoms with Crippen molar-refractivity contribution in [1.82, 2.24) is 0 Å². The van der Waals surface area contributed by atoms with Crippen molar-refractivity contribution in [2.75, 3.05) is 12.8 Å². The average molecular weight is 231 g/mol. The number of nitrogen functional groups attached to an aromatic ring is 1. The first-order valence-electron chi connectivity index (χ1n) is 3.82. The molecule has 0 aromatic heterocycles. The van der Waals surface area contributed by atoms with E-state index in [-0.39, 0.29) is 11.3 Å². The van der Waals surface area contributed by atoms with Crippen LogP contribution in [0.15, 0.2) is 23.1 Å². The van der Waals surface area contributed by atoms with Gasteiger partial charge in [-0.05, 0) is 12.1 Å². The quantitative estimate of drug-likeness (QED) is 0.430. The fourth-order valence-electron chi connectivity index (χ4n) is 1.06. The average Bonchev–Trinajstić information content (AvgIpc) is 2.15. The molecule has 0 aliphatic rings. The second-order valence-corrected chi connectivity index (χ2v) is 4.07. The monoisotopic (exact) mass is 231 g/mol. The van der Waals surface area contributed by atoms with Crippen molar-refractivity contribution in [2.24, 2.45) is 0 Å². The highest BCUT2D eigenvalue weighted by Crippen LogP contribution is 2.22. The minimum Gasteiger partial charge on any atom is -0.465 e. The molecule has 0 saturated carbocycles. The highest BCUT2D eigenvalue weighted by Gasteiger charge is 2.19. The Bertz CT molecular complexity index is 494. The van der Waals surface area contributed by atoms with Gasteiger partial charge in [-0.3, -0.25) is 4.55 Å². The molecule has 0 amide bonds. The molecule has 7 heteroatoms. The molecule has 0 aliphatic carbocycles. The van der Waals surface area contributed by atoms with Crippen molar-refractivity contribution in [1.29, 1.82) is 0 Å². The smallest absolute Gasteiger partial charge is 0.340 e. The molecule has 0 radical (unpaired) electrons. The molecular weight excluding hydrogens is 222 g/mol. The van der Waals surface area contributed by atoms with Crippen LogP contribution in [-0.2, 0) is 14.9 Å². The molecule has 0 saturated heterocycles. The second-order valence-electron chi connectivity index (χ2n) is 2.68. The third-order valence-electron chi connectivity index (χ3n) is 1.75. The van der Waals surface area contributed by atoms with E-state index < -0.39 is 21.0 Å². The maximum atomic E-state index is 11.1. The fraction of sp³-hybridized carbons (Fsp3) is 0.125. The molecule has 0 unspecified atom stereocenters. The number of carbonyl (C=O) groups is 1. The predicted molar refractivity (Wildman–Crippen MR) is 52.0 cm³/mol. The van der Waals surface area contributed by atoms with Gasteiger partial charge < -0.3 is 10.5 Å². The number of ether oxygens (including phenoxy) is 1. The zero-order valence-corrected chi connectivity index (χ0v) is 8.61. The van der Waals surface area contributed by atoms with Gasteiger partial charge in [0, 0.05) is 0 Å². The molecule has 0 heterocycles. The topological polar surface area (TPSA) is 107 Å². The molecule has 1 aromatic carbocycles. The molecule has 82 valence electrons. The number of benzene rings is 1. The summed E-state index contributed by atoms with van der Waals surface area (Å²) in [4.78, 5) is 10.6. The van der Waals surface area contributed by atoms with Gasteiger partial charge in [0.05, 0.1) is 18.4 Å². The first-order chi connectivity index (χ1) is 6.88. The summed E-state index contributed by atoms with van der Waals surface area (Å²) in [6, 6.07) is 3.68. The Kier molecular flexibility index (Phi) is 2.96. The largest absolute Gasteiger partial charge is 0.465 e. The van der Waals surface area contributed by atoms with Crippen molar-refractivity contribution in [2.45, 2.75) is 4.90 Å². The lowest BCUT2D eigenvalue weighted by atomic mass is 10.2. The summed E-state index contributed by atoms with van der Waals surface area (Å²) in [5.74, 6) is -0.766. The van der Waals surface area contributed by atoms with Gasteiger partial charge in [-0.1, -0.05) is 6.07 Å². The van der Waals surface area contributed by atoms with Crippen LogP contribution in [0.5, 0.6) is 0 Å². The van der Waals surface area contributed by atoms with Crippen molar-refractivity contribution >= 4 is 21.8 Å². The summed E-state index contributed by atoms with van der Waals surface area (Å²) in [6.45, 7) is 0. The minimum atomic E-state index is -4.43. The normalized spacial score (nSPS) is 11.1. The summed E-state index contributed by atoms with van der Waals surface area (Å²) < 4.78 is 34.9. The van der Waals surface area contributed by atoms with Gasteiger partial charge in [0.25, 0.3) is 10.1 Å². The van der Waals surface area contributed by atoms with Crippen LogP contribution < -0.4 is 5.73 Å². The molecule has 6 nitrogen and oxygen atoms in total. The second kappa shape index (κ2) is 3.87. The van der Waals surface area contributed by atoms with E-state index in [0.29, 0.717) is 0 Å². The van der Waals surface area contributed by atoms with E-state index in [1.807, 2.05) is 0 Å². The van der Waals surface area contributed by atoms with Crippen LogP contribution in [0, 0.1) is 0 Å². The van der Waals surface area contributed by atoms with E-state index in [2.05, 4.69) is 4.74 Å². The lowest BCUT2D eigenvalue weighted by Gasteiger charge is -2.06. The number of anilines is 1. The molecule has 3 N–H and O–H groups in total. The minimum absolute atomic E-state index is 0.104. The van der Waals surface area contributed by atoms with E-state index >= 15 is 0 Å². The van der Waals surface area contributed by atoms with Gasteiger partial charge in [-0.25, -0.2) is 4.79 Å². The van der Waals surface area contributed by atoms with Crippen LogP contribution in [0.2, 0.25) is 0 Å². The van der Waals surface area contributed by atoms with Crippen LogP contribution in [0.3, 0.4) is 0 Å². The summed E-state index contributed by atoms with van der Waals surface area (Å²) in [5, 5.41) is 0. The predicted octanol–water partition coefficient (Wildman–Crippen LogP) is 0.302. The van der Waals surface area contributed by atoms with Gasteiger partial charge in [-0.15, -0.1) is 0 Å². The van der Waals surface area contributed by atoms with Crippen molar-refractivity contribution in [3.05, 3.63) is 23.8 Å². The Morgan fingerprint density at radius 1 is 1.47 bits per heavy atom. The number of hydrogen-bond acceptors (Lipinski definition) is 5. The Balaban J connectivity index is 3.43. The van der Waals surface area contributed by atoms with E-state index in [9.17, 15) is 13.2 Å². The molecule has 0 bridgehead atoms. The zero-order valence-electron chi connectivity index (χ0n) is 7.80. The third-order valence-corrected chi connectivity index (χ3v) is 2.66. The van der Waals surface area contributed by atoms with Gasteiger partial charge in [-0.2, -0.15) is 8.42 Å². The van der Waals surface area contributed by atoms with Gasteiger partial charge in [0.2, 0.25) is 0 Å². The molecule has 0 spiro atoms. The highest BCUT2D eigenvalue weighted by atomic mass is 32.2. The van der Waals surface area contributed by atoms with Crippen LogP contribution in [-0.4, -0.2) is 26.0 Å². The van der Waals surface area contributed by atoms with E-state index in [4.69, 9.17) is 10.3 Å². The van der Waals surface area contributed by atoms with Crippen molar-refractivity contribution in [3.63, 3.8) is 0 Å². The van der Waals surface area contributed by atoms with Crippen molar-refractivity contribution in [3.8, 4) is 0 Å². The molecule has 1 rings (SSSR count). The molecule has 1 aromatic rings. The Labute approximate surface area is 86.4 Å². The highest BCUT2D eigenvalue weighted by molar-refractivity contribution is 7.86. The van der Waals surface area contributed by atoms with Crippen LogP contribution in [0.1, 0.15) is 10.4 Å².